The lowest BCUT2D eigenvalue weighted by atomic mass is 10.1. The van der Waals surface area contributed by atoms with Crippen molar-refractivity contribution in [1.29, 1.82) is 0 Å². The Balaban J connectivity index is 1.46. The number of hydrogen-bond donors (Lipinski definition) is 2. The topological polar surface area (TPSA) is 136 Å². The molecule has 1 fully saturated rings. The van der Waals surface area contributed by atoms with Gasteiger partial charge in [0, 0.05) is 4.47 Å². The molecule has 2 aromatic carbocycles. The van der Waals surface area contributed by atoms with E-state index in [1.807, 2.05) is 0 Å². The molecule has 2 N–H and O–H groups in total. The standard InChI is InChI=1S/C26H21BrFN3O8/c1-36-21-10-14(16(27)11-22(21)38-13-23(32)29-18-6-4-3-5-17(18)28)9-19-24(33)31(26(35)30-19)12-15-7-8-20(39-15)25(34)37-2/h3-11H,12-13H2,1-2H3,(H,29,32)(H,30,35)/b19-9-. The van der Waals surface area contributed by atoms with Gasteiger partial charge in [0.15, 0.2) is 18.1 Å². The van der Waals surface area contributed by atoms with E-state index in [1.165, 1.54) is 56.7 Å². The number of amides is 4. The fraction of sp³-hybridized carbons (Fsp3) is 0.154. The molecule has 0 spiro atoms. The summed E-state index contributed by atoms with van der Waals surface area (Å²) in [6.45, 7) is -0.628. The molecular formula is C26H21BrFN3O8. The summed E-state index contributed by atoms with van der Waals surface area (Å²) in [4.78, 5) is 50.1. The van der Waals surface area contributed by atoms with Gasteiger partial charge >= 0.3 is 12.0 Å². The highest BCUT2D eigenvalue weighted by molar-refractivity contribution is 9.10. The number of methoxy groups -OCH3 is 2. The Morgan fingerprint density at radius 3 is 2.62 bits per heavy atom. The minimum absolute atomic E-state index is 0.0135. The van der Waals surface area contributed by atoms with Crippen LogP contribution < -0.4 is 20.1 Å². The van der Waals surface area contributed by atoms with E-state index in [2.05, 4.69) is 31.3 Å². The monoisotopic (exact) mass is 601 g/mol. The van der Waals surface area contributed by atoms with Crippen molar-refractivity contribution in [1.82, 2.24) is 10.2 Å². The maximum atomic E-state index is 13.8. The molecule has 202 valence electrons. The molecule has 0 aliphatic carbocycles. The third kappa shape index (κ3) is 6.26. The first-order valence-electron chi connectivity index (χ1n) is 11.3. The van der Waals surface area contributed by atoms with Crippen LogP contribution in [0.1, 0.15) is 21.9 Å². The number of rotatable bonds is 9. The van der Waals surface area contributed by atoms with Crippen LogP contribution in [0, 0.1) is 5.82 Å². The van der Waals surface area contributed by atoms with Gasteiger partial charge in [-0.15, -0.1) is 0 Å². The molecule has 39 heavy (non-hydrogen) atoms. The largest absolute Gasteiger partial charge is 0.493 e. The molecule has 2 heterocycles. The minimum Gasteiger partial charge on any atom is -0.493 e. The van der Waals surface area contributed by atoms with Gasteiger partial charge in [-0.2, -0.15) is 0 Å². The Labute approximate surface area is 229 Å². The number of hydrogen-bond acceptors (Lipinski definition) is 8. The highest BCUT2D eigenvalue weighted by atomic mass is 79.9. The lowest BCUT2D eigenvalue weighted by Gasteiger charge is -2.13. The number of benzene rings is 2. The Kier molecular flexibility index (Phi) is 8.30. The molecule has 0 bridgehead atoms. The predicted molar refractivity (Wildman–Crippen MR) is 138 cm³/mol. The van der Waals surface area contributed by atoms with E-state index < -0.39 is 36.2 Å². The first kappa shape index (κ1) is 27.4. The zero-order chi connectivity index (χ0) is 28.1. The highest BCUT2D eigenvalue weighted by Crippen LogP contribution is 2.35. The number of halogens is 2. The van der Waals surface area contributed by atoms with Crippen molar-refractivity contribution in [2.45, 2.75) is 6.54 Å². The molecule has 4 amide bonds. The maximum Gasteiger partial charge on any atom is 0.373 e. The molecule has 11 nitrogen and oxygen atoms in total. The van der Waals surface area contributed by atoms with E-state index in [9.17, 15) is 23.6 Å². The second-order valence-electron chi connectivity index (χ2n) is 7.98. The molecule has 1 aliphatic rings. The van der Waals surface area contributed by atoms with Gasteiger partial charge in [0.25, 0.3) is 11.8 Å². The molecule has 1 aliphatic heterocycles. The van der Waals surface area contributed by atoms with Crippen LogP contribution in [0.5, 0.6) is 11.5 Å². The van der Waals surface area contributed by atoms with E-state index in [1.54, 1.807) is 12.1 Å². The Morgan fingerprint density at radius 1 is 1.13 bits per heavy atom. The fourth-order valence-electron chi connectivity index (χ4n) is 3.53. The van der Waals surface area contributed by atoms with Gasteiger partial charge in [0.1, 0.15) is 17.3 Å². The maximum absolute atomic E-state index is 13.8. The van der Waals surface area contributed by atoms with Crippen LogP contribution in [0.4, 0.5) is 14.9 Å². The van der Waals surface area contributed by atoms with Crippen LogP contribution >= 0.6 is 15.9 Å². The number of carbonyl (C=O) groups is 4. The van der Waals surface area contributed by atoms with Crippen LogP contribution in [0.15, 0.2) is 63.1 Å². The molecule has 1 saturated heterocycles. The number of furan rings is 1. The number of carbonyl (C=O) groups excluding carboxylic acids is 4. The molecule has 3 aromatic rings. The van der Waals surface area contributed by atoms with Crippen molar-refractivity contribution in [3.8, 4) is 11.5 Å². The third-order valence-electron chi connectivity index (χ3n) is 5.41. The average Bonchev–Trinajstić information content (AvgIpc) is 3.50. The summed E-state index contributed by atoms with van der Waals surface area (Å²) in [5.74, 6) is -1.86. The van der Waals surface area contributed by atoms with Crippen molar-refractivity contribution in [3.05, 3.63) is 81.6 Å². The Hall–Kier alpha value is -4.65. The van der Waals surface area contributed by atoms with Crippen molar-refractivity contribution >= 4 is 51.5 Å². The molecular weight excluding hydrogens is 581 g/mol. The summed E-state index contributed by atoms with van der Waals surface area (Å²) in [6.07, 6.45) is 1.43. The number of ether oxygens (including phenoxy) is 3. The van der Waals surface area contributed by atoms with Gasteiger partial charge in [0.05, 0.1) is 26.5 Å². The fourth-order valence-corrected chi connectivity index (χ4v) is 3.96. The zero-order valence-electron chi connectivity index (χ0n) is 20.6. The molecule has 13 heteroatoms. The summed E-state index contributed by atoms with van der Waals surface area (Å²) in [7, 11) is 2.60. The number of nitrogens with one attached hydrogen (secondary N) is 2. The van der Waals surface area contributed by atoms with Crippen LogP contribution in [0.25, 0.3) is 6.08 Å². The Bertz CT molecular complexity index is 1490. The number of nitrogens with zero attached hydrogens (tertiary/aromatic N) is 1. The van der Waals surface area contributed by atoms with Crippen LogP contribution in [0.2, 0.25) is 0 Å². The normalized spacial score (nSPS) is 13.8. The summed E-state index contributed by atoms with van der Waals surface area (Å²) < 4.78 is 35.1. The van der Waals surface area contributed by atoms with E-state index >= 15 is 0 Å². The number of para-hydroxylation sites is 1. The Morgan fingerprint density at radius 2 is 1.90 bits per heavy atom. The van der Waals surface area contributed by atoms with E-state index in [0.717, 1.165) is 4.90 Å². The molecule has 0 radical (unpaired) electrons. The number of urea groups is 1. The molecule has 0 unspecified atom stereocenters. The van der Waals surface area contributed by atoms with E-state index in [-0.39, 0.29) is 40.9 Å². The summed E-state index contributed by atoms with van der Waals surface area (Å²) in [5.41, 5.74) is 0.474. The molecule has 0 atom stereocenters. The molecule has 0 saturated carbocycles. The summed E-state index contributed by atoms with van der Waals surface area (Å²) in [5, 5.41) is 4.92. The predicted octanol–water partition coefficient (Wildman–Crippen LogP) is 4.09. The average molecular weight is 602 g/mol. The zero-order valence-corrected chi connectivity index (χ0v) is 22.2. The number of imide groups is 1. The van der Waals surface area contributed by atoms with Gasteiger partial charge in [-0.3, -0.25) is 14.5 Å². The second kappa shape index (κ2) is 11.8. The van der Waals surface area contributed by atoms with Crippen LogP contribution in [-0.2, 0) is 20.9 Å². The van der Waals surface area contributed by atoms with Crippen molar-refractivity contribution in [2.24, 2.45) is 0 Å². The van der Waals surface area contributed by atoms with Gasteiger partial charge in [-0.25, -0.2) is 14.0 Å². The van der Waals surface area contributed by atoms with Gasteiger partial charge < -0.3 is 29.3 Å². The van der Waals surface area contributed by atoms with E-state index in [0.29, 0.717) is 10.0 Å². The van der Waals surface area contributed by atoms with Crippen LogP contribution in [-0.4, -0.2) is 49.5 Å². The minimum atomic E-state index is -0.684. The summed E-state index contributed by atoms with van der Waals surface area (Å²) in [6, 6.07) is 11.0. The lowest BCUT2D eigenvalue weighted by molar-refractivity contribution is -0.123. The first-order valence-corrected chi connectivity index (χ1v) is 12.1. The first-order chi connectivity index (χ1) is 18.7. The van der Waals surface area contributed by atoms with Gasteiger partial charge in [-0.05, 0) is 48.0 Å². The van der Waals surface area contributed by atoms with Crippen molar-refractivity contribution in [2.75, 3.05) is 26.1 Å². The molecule has 4 rings (SSSR count). The van der Waals surface area contributed by atoms with Crippen molar-refractivity contribution in [3.63, 3.8) is 0 Å². The number of esters is 1. The lowest BCUT2D eigenvalue weighted by Crippen LogP contribution is -2.30. The SMILES string of the molecule is COC(=O)c1ccc(CN2C(=O)N/C(=C\c3cc(OC)c(OCC(=O)Nc4ccccc4F)cc3Br)C2=O)o1. The smallest absolute Gasteiger partial charge is 0.373 e. The molecule has 1 aromatic heterocycles. The van der Waals surface area contributed by atoms with Crippen molar-refractivity contribution < 1.29 is 42.2 Å². The summed E-state index contributed by atoms with van der Waals surface area (Å²) >= 11 is 3.39. The van der Waals surface area contributed by atoms with Gasteiger partial charge in [-0.1, -0.05) is 28.1 Å². The number of anilines is 1. The highest BCUT2D eigenvalue weighted by Gasteiger charge is 2.34. The third-order valence-corrected chi connectivity index (χ3v) is 6.10. The second-order valence-corrected chi connectivity index (χ2v) is 8.83. The van der Waals surface area contributed by atoms with Gasteiger partial charge in [0.2, 0.25) is 5.76 Å². The van der Waals surface area contributed by atoms with E-state index in [4.69, 9.17) is 13.9 Å². The quantitative estimate of drug-likeness (QED) is 0.213. The van der Waals surface area contributed by atoms with Crippen LogP contribution in [0.3, 0.4) is 0 Å².